The molecule has 1 amide bonds. The summed E-state index contributed by atoms with van der Waals surface area (Å²) in [6.07, 6.45) is 3.28. The summed E-state index contributed by atoms with van der Waals surface area (Å²) < 4.78 is 17.2. The maximum Gasteiger partial charge on any atom is 0.222 e. The lowest BCUT2D eigenvalue weighted by atomic mass is 10.1. The summed E-state index contributed by atoms with van der Waals surface area (Å²) in [5, 5.41) is 1.07. The summed E-state index contributed by atoms with van der Waals surface area (Å²) in [5.41, 5.74) is 4.24. The number of amides is 1. The van der Waals surface area contributed by atoms with Crippen molar-refractivity contribution in [2.45, 2.75) is 24.3 Å². The summed E-state index contributed by atoms with van der Waals surface area (Å²) in [6.45, 7) is 4.35. The molecule has 38 heavy (non-hydrogen) atoms. The number of carbonyl (C=O) groups is 1. The van der Waals surface area contributed by atoms with Gasteiger partial charge in [0.15, 0.2) is 11.5 Å². The molecule has 0 radical (unpaired) electrons. The summed E-state index contributed by atoms with van der Waals surface area (Å²) in [4.78, 5) is 18.5. The predicted molar refractivity (Wildman–Crippen MR) is 153 cm³/mol. The van der Waals surface area contributed by atoms with Gasteiger partial charge in [0.2, 0.25) is 5.91 Å². The fraction of sp³-hybridized carbons (Fsp3) is 0.323. The van der Waals surface area contributed by atoms with Crippen molar-refractivity contribution in [3.05, 3.63) is 77.9 Å². The number of thioether (sulfide) groups is 1. The van der Waals surface area contributed by atoms with Gasteiger partial charge in [-0.05, 0) is 54.1 Å². The Hall–Kier alpha value is -3.42. The van der Waals surface area contributed by atoms with Crippen LogP contribution in [0.5, 0.6) is 11.5 Å². The van der Waals surface area contributed by atoms with Crippen molar-refractivity contribution >= 4 is 28.6 Å². The van der Waals surface area contributed by atoms with Crippen LogP contribution in [-0.2, 0) is 17.8 Å². The first kappa shape index (κ1) is 26.2. The average Bonchev–Trinajstić information content (AvgIpc) is 3.34. The van der Waals surface area contributed by atoms with Crippen LogP contribution in [0.3, 0.4) is 0 Å². The Morgan fingerprint density at radius 2 is 1.66 bits per heavy atom. The van der Waals surface area contributed by atoms with E-state index >= 15 is 0 Å². The number of hydrogen-bond donors (Lipinski definition) is 0. The van der Waals surface area contributed by atoms with E-state index < -0.39 is 0 Å². The molecule has 198 valence electrons. The number of methoxy groups -OCH3 is 2. The van der Waals surface area contributed by atoms with Crippen molar-refractivity contribution in [3.63, 3.8) is 0 Å². The summed E-state index contributed by atoms with van der Waals surface area (Å²) in [7, 11) is 3.26. The molecule has 2 heterocycles. The van der Waals surface area contributed by atoms with Crippen LogP contribution in [0, 0.1) is 0 Å². The Morgan fingerprint density at radius 1 is 0.895 bits per heavy atom. The average molecular weight is 531 g/mol. The Morgan fingerprint density at radius 3 is 2.37 bits per heavy atom. The zero-order valence-electron chi connectivity index (χ0n) is 22.2. The summed E-state index contributed by atoms with van der Waals surface area (Å²) >= 11 is 1.66. The van der Waals surface area contributed by atoms with Gasteiger partial charge < -0.3 is 18.8 Å². The number of piperazine rings is 1. The van der Waals surface area contributed by atoms with Crippen molar-refractivity contribution in [1.82, 2.24) is 9.80 Å². The first-order chi connectivity index (χ1) is 18.6. The topological polar surface area (TPSA) is 55.2 Å². The van der Waals surface area contributed by atoms with E-state index in [1.54, 1.807) is 26.0 Å². The van der Waals surface area contributed by atoms with Gasteiger partial charge in [0.1, 0.15) is 11.3 Å². The highest BCUT2D eigenvalue weighted by Crippen LogP contribution is 2.42. The second kappa shape index (κ2) is 12.0. The molecule has 1 aliphatic heterocycles. The molecule has 4 aromatic rings. The number of ether oxygens (including phenoxy) is 2. The Labute approximate surface area is 228 Å². The number of rotatable bonds is 9. The number of nitrogens with zero attached hydrogens (tertiary/aromatic N) is 2. The molecule has 0 unspecified atom stereocenters. The van der Waals surface area contributed by atoms with E-state index in [-0.39, 0.29) is 5.91 Å². The third kappa shape index (κ3) is 5.69. The maximum absolute atomic E-state index is 13.0. The van der Waals surface area contributed by atoms with Crippen molar-refractivity contribution < 1.29 is 18.7 Å². The third-order valence-electron chi connectivity index (χ3n) is 7.16. The predicted octanol–water partition coefficient (Wildman–Crippen LogP) is 6.12. The van der Waals surface area contributed by atoms with Gasteiger partial charge in [-0.25, -0.2) is 0 Å². The molecule has 1 aromatic heterocycles. The van der Waals surface area contributed by atoms with E-state index in [2.05, 4.69) is 47.6 Å². The van der Waals surface area contributed by atoms with Gasteiger partial charge >= 0.3 is 0 Å². The second-order valence-electron chi connectivity index (χ2n) is 9.51. The van der Waals surface area contributed by atoms with Crippen molar-refractivity contribution in [2.75, 3.05) is 46.7 Å². The minimum absolute atomic E-state index is 0.229. The molecule has 0 aliphatic carbocycles. The Kier molecular flexibility index (Phi) is 8.25. The van der Waals surface area contributed by atoms with Gasteiger partial charge in [0.25, 0.3) is 0 Å². The maximum atomic E-state index is 13.0. The summed E-state index contributed by atoms with van der Waals surface area (Å²) in [6, 6.07) is 22.6. The van der Waals surface area contributed by atoms with E-state index in [9.17, 15) is 4.79 Å². The van der Waals surface area contributed by atoms with E-state index in [0.29, 0.717) is 24.3 Å². The largest absolute Gasteiger partial charge is 0.493 e. The lowest BCUT2D eigenvalue weighted by Gasteiger charge is -2.34. The van der Waals surface area contributed by atoms with Crippen molar-refractivity contribution in [3.8, 4) is 22.8 Å². The lowest BCUT2D eigenvalue weighted by Crippen LogP contribution is -2.48. The molecule has 6 nitrogen and oxygen atoms in total. The molecule has 7 heteroatoms. The number of benzene rings is 3. The van der Waals surface area contributed by atoms with E-state index in [1.165, 1.54) is 5.56 Å². The molecule has 0 bridgehead atoms. The van der Waals surface area contributed by atoms with Gasteiger partial charge in [-0.3, -0.25) is 9.69 Å². The third-order valence-corrected chi connectivity index (χ3v) is 7.97. The Balaban J connectivity index is 1.23. The van der Waals surface area contributed by atoms with Crippen LogP contribution in [0.4, 0.5) is 0 Å². The van der Waals surface area contributed by atoms with Crippen LogP contribution in [-0.4, -0.2) is 62.4 Å². The molecule has 5 rings (SSSR count). The highest BCUT2D eigenvalue weighted by Gasteiger charge is 2.22. The fourth-order valence-corrected chi connectivity index (χ4v) is 5.78. The van der Waals surface area contributed by atoms with Gasteiger partial charge in [-0.1, -0.05) is 36.4 Å². The van der Waals surface area contributed by atoms with Crippen LogP contribution in [0.2, 0.25) is 0 Å². The number of fused-ring (bicyclic) bond motifs is 1. The molecular weight excluding hydrogens is 496 g/mol. The molecule has 0 atom stereocenters. The number of carbonyl (C=O) groups excluding carboxylic acids is 1. The van der Waals surface area contributed by atoms with E-state index in [0.717, 1.165) is 65.5 Å². The zero-order valence-corrected chi connectivity index (χ0v) is 23.1. The minimum atomic E-state index is 0.229. The second-order valence-corrected chi connectivity index (χ2v) is 10.3. The van der Waals surface area contributed by atoms with Crippen LogP contribution >= 0.6 is 11.8 Å². The monoisotopic (exact) mass is 530 g/mol. The minimum Gasteiger partial charge on any atom is -0.493 e. The number of aryl methyl sites for hydroxylation is 1. The van der Waals surface area contributed by atoms with E-state index in [1.807, 2.05) is 35.2 Å². The first-order valence-electron chi connectivity index (χ1n) is 13.0. The van der Waals surface area contributed by atoms with Crippen molar-refractivity contribution in [1.29, 1.82) is 0 Å². The van der Waals surface area contributed by atoms with Gasteiger partial charge in [0, 0.05) is 50.1 Å². The molecule has 3 aromatic carbocycles. The number of furan rings is 1. The molecule has 0 spiro atoms. The van der Waals surface area contributed by atoms with Crippen LogP contribution in [0.15, 0.2) is 76.0 Å². The molecule has 0 N–H and O–H groups in total. The number of hydrogen-bond acceptors (Lipinski definition) is 6. The highest BCUT2D eigenvalue weighted by molar-refractivity contribution is 7.99. The van der Waals surface area contributed by atoms with Gasteiger partial charge in [-0.2, -0.15) is 0 Å². The van der Waals surface area contributed by atoms with Crippen LogP contribution in [0.1, 0.15) is 17.5 Å². The van der Waals surface area contributed by atoms with Gasteiger partial charge in [-0.15, -0.1) is 11.8 Å². The fourth-order valence-electron chi connectivity index (χ4n) is 5.05. The molecule has 1 aliphatic rings. The zero-order chi connectivity index (χ0) is 26.5. The smallest absolute Gasteiger partial charge is 0.222 e. The molecule has 1 fully saturated rings. The molecule has 0 saturated carbocycles. The molecule has 1 saturated heterocycles. The standard InChI is InChI=1S/C31H34N2O4S/c1-35-27-13-11-24(20-28(27)36-2)30-31(38-3)25-19-22(9-12-26(25)37-30)10-14-29(34)33-17-15-32(16-18-33)21-23-7-5-4-6-8-23/h4-9,11-13,19-20H,10,14-18,21H2,1-3H3. The molecular formula is C31H34N2O4S. The normalized spacial score (nSPS) is 14.1. The highest BCUT2D eigenvalue weighted by atomic mass is 32.2. The quantitative estimate of drug-likeness (QED) is 0.243. The SMILES string of the molecule is COc1ccc(-c2oc3ccc(CCC(=O)N4CCN(Cc5ccccc5)CC4)cc3c2SC)cc1OC. The van der Waals surface area contributed by atoms with Crippen molar-refractivity contribution in [2.24, 2.45) is 0 Å². The van der Waals surface area contributed by atoms with Crippen LogP contribution < -0.4 is 9.47 Å². The van der Waals surface area contributed by atoms with E-state index in [4.69, 9.17) is 13.9 Å². The Bertz CT molecular complexity index is 1390. The first-order valence-corrected chi connectivity index (χ1v) is 14.2. The summed E-state index contributed by atoms with van der Waals surface area (Å²) in [5.74, 6) is 2.39. The van der Waals surface area contributed by atoms with Gasteiger partial charge in [0.05, 0.1) is 19.1 Å². The van der Waals surface area contributed by atoms with Crippen LogP contribution in [0.25, 0.3) is 22.3 Å². The lowest BCUT2D eigenvalue weighted by molar-refractivity contribution is -0.133.